The number of piperidine rings is 1. The van der Waals surface area contributed by atoms with Gasteiger partial charge in [-0.2, -0.15) is 0 Å². The van der Waals surface area contributed by atoms with Gasteiger partial charge in [-0.15, -0.1) is 0 Å². The molecular formula is C19H29NO2. The summed E-state index contributed by atoms with van der Waals surface area (Å²) < 4.78 is 5.78. The number of carbonyl (C=O) groups is 1. The first-order valence-electron chi connectivity index (χ1n) is 8.57. The molecule has 0 amide bonds. The minimum atomic E-state index is 0.180. The molecule has 0 radical (unpaired) electrons. The summed E-state index contributed by atoms with van der Waals surface area (Å²) in [6, 6.07) is 7.51. The van der Waals surface area contributed by atoms with Gasteiger partial charge in [-0.25, -0.2) is 0 Å². The van der Waals surface area contributed by atoms with Crippen LogP contribution in [0, 0.1) is 11.8 Å². The Hall–Kier alpha value is -1.35. The molecule has 0 N–H and O–H groups in total. The number of nitrogens with zero attached hydrogens (tertiary/aromatic N) is 1. The third-order valence-electron chi connectivity index (χ3n) is 4.33. The smallest absolute Gasteiger partial charge is 0.162 e. The lowest BCUT2D eigenvalue weighted by Gasteiger charge is -2.34. The highest BCUT2D eigenvalue weighted by atomic mass is 16.5. The summed E-state index contributed by atoms with van der Waals surface area (Å²) in [5.41, 5.74) is 0.770. The molecule has 1 aromatic carbocycles. The third-order valence-corrected chi connectivity index (χ3v) is 4.33. The van der Waals surface area contributed by atoms with E-state index in [9.17, 15) is 4.79 Å². The Morgan fingerprint density at radius 3 is 2.41 bits per heavy atom. The molecule has 2 atom stereocenters. The van der Waals surface area contributed by atoms with E-state index < -0.39 is 0 Å². The predicted octanol–water partition coefficient (Wildman–Crippen LogP) is 4.03. The molecule has 0 bridgehead atoms. The molecule has 22 heavy (non-hydrogen) atoms. The average Bonchev–Trinajstić information content (AvgIpc) is 2.50. The van der Waals surface area contributed by atoms with E-state index >= 15 is 0 Å². The third kappa shape index (κ3) is 5.13. The molecule has 1 saturated heterocycles. The van der Waals surface area contributed by atoms with Gasteiger partial charge >= 0.3 is 0 Å². The van der Waals surface area contributed by atoms with Crippen molar-refractivity contribution in [3.05, 3.63) is 29.8 Å². The quantitative estimate of drug-likeness (QED) is 0.563. The zero-order chi connectivity index (χ0) is 15.9. The molecular weight excluding hydrogens is 274 g/mol. The minimum Gasteiger partial charge on any atom is -0.494 e. The van der Waals surface area contributed by atoms with Crippen LogP contribution in [0.2, 0.25) is 0 Å². The van der Waals surface area contributed by atoms with Crippen LogP contribution in [0.15, 0.2) is 24.3 Å². The Bertz CT molecular complexity index is 459. The highest BCUT2D eigenvalue weighted by Gasteiger charge is 2.20. The van der Waals surface area contributed by atoms with Crippen molar-refractivity contribution < 1.29 is 9.53 Å². The second-order valence-electron chi connectivity index (χ2n) is 6.71. The zero-order valence-electron chi connectivity index (χ0n) is 14.2. The molecule has 0 aromatic heterocycles. The molecule has 1 aliphatic heterocycles. The van der Waals surface area contributed by atoms with Gasteiger partial charge in [-0.3, -0.25) is 4.79 Å². The van der Waals surface area contributed by atoms with Gasteiger partial charge in [0, 0.05) is 31.6 Å². The van der Waals surface area contributed by atoms with Crippen LogP contribution in [-0.2, 0) is 0 Å². The van der Waals surface area contributed by atoms with Crippen molar-refractivity contribution in [3.8, 4) is 5.75 Å². The largest absolute Gasteiger partial charge is 0.494 e. The summed E-state index contributed by atoms with van der Waals surface area (Å²) >= 11 is 0. The van der Waals surface area contributed by atoms with E-state index in [2.05, 4.69) is 18.7 Å². The normalized spacial score (nSPS) is 22.5. The monoisotopic (exact) mass is 303 g/mol. The van der Waals surface area contributed by atoms with Crippen molar-refractivity contribution in [2.24, 2.45) is 11.8 Å². The zero-order valence-corrected chi connectivity index (χ0v) is 14.2. The molecule has 0 aliphatic carbocycles. The van der Waals surface area contributed by atoms with E-state index in [1.54, 1.807) is 0 Å². The fourth-order valence-corrected chi connectivity index (χ4v) is 3.39. The maximum absolute atomic E-state index is 11.6. The molecule has 2 rings (SSSR count). The lowest BCUT2D eigenvalue weighted by molar-refractivity contribution is 0.0988. The van der Waals surface area contributed by atoms with E-state index in [0.29, 0.717) is 6.42 Å². The van der Waals surface area contributed by atoms with Crippen molar-refractivity contribution in [1.29, 1.82) is 0 Å². The summed E-state index contributed by atoms with van der Waals surface area (Å²) in [5.74, 6) is 2.66. The first-order valence-corrected chi connectivity index (χ1v) is 8.57. The lowest BCUT2D eigenvalue weighted by atomic mass is 9.92. The average molecular weight is 303 g/mol. The molecule has 1 fully saturated rings. The van der Waals surface area contributed by atoms with E-state index in [0.717, 1.165) is 42.7 Å². The fourth-order valence-electron chi connectivity index (χ4n) is 3.39. The molecule has 3 heteroatoms. The first-order chi connectivity index (χ1) is 10.6. The number of hydrogen-bond acceptors (Lipinski definition) is 3. The minimum absolute atomic E-state index is 0.180. The summed E-state index contributed by atoms with van der Waals surface area (Å²) in [4.78, 5) is 14.1. The van der Waals surface area contributed by atoms with Gasteiger partial charge in [0.2, 0.25) is 0 Å². The summed E-state index contributed by atoms with van der Waals surface area (Å²) in [5, 5.41) is 0. The Balaban J connectivity index is 1.69. The molecule has 3 nitrogen and oxygen atoms in total. The Kier molecular flexibility index (Phi) is 6.44. The lowest BCUT2D eigenvalue weighted by Crippen LogP contribution is -2.39. The SMILES string of the molecule is CCC(=O)c1ccc(OCCCN2CC(C)CC(C)C2)cc1. The van der Waals surface area contributed by atoms with Crippen molar-refractivity contribution in [2.45, 2.75) is 40.0 Å². The van der Waals surface area contributed by atoms with Crippen LogP contribution < -0.4 is 4.74 Å². The van der Waals surface area contributed by atoms with Gasteiger partial charge in [0.15, 0.2) is 5.78 Å². The van der Waals surface area contributed by atoms with Crippen molar-refractivity contribution >= 4 is 5.78 Å². The molecule has 0 spiro atoms. The topological polar surface area (TPSA) is 29.5 Å². The molecule has 2 unspecified atom stereocenters. The van der Waals surface area contributed by atoms with Gasteiger partial charge < -0.3 is 9.64 Å². The summed E-state index contributed by atoms with van der Waals surface area (Å²) in [7, 11) is 0. The van der Waals surface area contributed by atoms with Crippen LogP contribution in [0.4, 0.5) is 0 Å². The molecule has 0 saturated carbocycles. The maximum atomic E-state index is 11.6. The summed E-state index contributed by atoms with van der Waals surface area (Å²) in [6.45, 7) is 10.9. The van der Waals surface area contributed by atoms with Crippen LogP contribution in [0.1, 0.15) is 50.4 Å². The van der Waals surface area contributed by atoms with E-state index in [4.69, 9.17) is 4.74 Å². The highest BCUT2D eigenvalue weighted by molar-refractivity contribution is 5.95. The van der Waals surface area contributed by atoms with Crippen LogP contribution in [0.3, 0.4) is 0 Å². The number of ether oxygens (including phenoxy) is 1. The number of ketones is 1. The van der Waals surface area contributed by atoms with Gasteiger partial charge in [-0.1, -0.05) is 20.8 Å². The second-order valence-corrected chi connectivity index (χ2v) is 6.71. The van der Waals surface area contributed by atoms with E-state index in [1.807, 2.05) is 31.2 Å². The number of rotatable bonds is 7. The van der Waals surface area contributed by atoms with E-state index in [-0.39, 0.29) is 5.78 Å². The fraction of sp³-hybridized carbons (Fsp3) is 0.632. The first kappa shape index (κ1) is 17.0. The van der Waals surface area contributed by atoms with Gasteiger partial charge in [0.25, 0.3) is 0 Å². The molecule has 1 heterocycles. The Morgan fingerprint density at radius 1 is 1.18 bits per heavy atom. The van der Waals surface area contributed by atoms with Crippen LogP contribution in [-0.4, -0.2) is 36.9 Å². The van der Waals surface area contributed by atoms with Crippen molar-refractivity contribution in [1.82, 2.24) is 4.90 Å². The standard InChI is InChI=1S/C19H29NO2/c1-4-19(21)17-6-8-18(9-7-17)22-11-5-10-20-13-15(2)12-16(3)14-20/h6-9,15-16H,4-5,10-14H2,1-3H3. The van der Waals surface area contributed by atoms with Crippen molar-refractivity contribution in [2.75, 3.05) is 26.2 Å². The predicted molar refractivity (Wildman–Crippen MR) is 90.6 cm³/mol. The van der Waals surface area contributed by atoms with Gasteiger partial charge in [0.05, 0.1) is 6.61 Å². The Labute approximate surface area is 134 Å². The maximum Gasteiger partial charge on any atom is 0.162 e. The number of hydrogen-bond donors (Lipinski definition) is 0. The number of Topliss-reactive ketones (excluding diaryl/α,β-unsaturated/α-hetero) is 1. The second kappa shape index (κ2) is 8.33. The van der Waals surface area contributed by atoms with Crippen LogP contribution in [0.25, 0.3) is 0 Å². The molecule has 1 aliphatic rings. The molecule has 122 valence electrons. The van der Waals surface area contributed by atoms with Gasteiger partial charge in [0.1, 0.15) is 5.75 Å². The molecule has 1 aromatic rings. The van der Waals surface area contributed by atoms with Gasteiger partial charge in [-0.05, 0) is 48.9 Å². The van der Waals surface area contributed by atoms with Crippen molar-refractivity contribution in [3.63, 3.8) is 0 Å². The van der Waals surface area contributed by atoms with Crippen LogP contribution >= 0.6 is 0 Å². The number of likely N-dealkylation sites (tertiary alicyclic amines) is 1. The van der Waals surface area contributed by atoms with E-state index in [1.165, 1.54) is 19.5 Å². The number of carbonyl (C=O) groups excluding carboxylic acids is 1. The van der Waals surface area contributed by atoms with Crippen LogP contribution in [0.5, 0.6) is 5.75 Å². The highest BCUT2D eigenvalue weighted by Crippen LogP contribution is 2.21. The number of benzene rings is 1. The summed E-state index contributed by atoms with van der Waals surface area (Å²) in [6.07, 6.45) is 2.96. The Morgan fingerprint density at radius 2 is 1.82 bits per heavy atom.